The minimum Gasteiger partial charge on any atom is -0.391 e. The lowest BCUT2D eigenvalue weighted by Crippen LogP contribution is -2.23. The van der Waals surface area contributed by atoms with Crippen molar-refractivity contribution in [3.05, 3.63) is 27.9 Å². The number of nitriles is 1. The topological polar surface area (TPSA) is 103 Å². The van der Waals surface area contributed by atoms with E-state index in [1.54, 1.807) is 11.0 Å². The van der Waals surface area contributed by atoms with Crippen molar-refractivity contribution in [1.82, 2.24) is 4.98 Å². The standard InChI is InChI=1S/C10H10N4O3/c11-5-7-1-3-12-10(9(7)14(16)17)13-4-2-8(15)6-13/h1,3,8,15H,2,4,6H2/t8-/m0/s1. The summed E-state index contributed by atoms with van der Waals surface area (Å²) in [6, 6.07) is 3.09. The van der Waals surface area contributed by atoms with Gasteiger partial charge in [0, 0.05) is 19.3 Å². The minimum atomic E-state index is -0.606. The molecule has 1 aromatic heterocycles. The molecule has 2 heterocycles. The minimum absolute atomic E-state index is 0.0126. The molecule has 1 saturated heterocycles. The van der Waals surface area contributed by atoms with Crippen molar-refractivity contribution in [2.45, 2.75) is 12.5 Å². The number of β-amino-alcohol motifs (C(OH)–C–C–N with tert-alkyl or cyclic N) is 1. The molecule has 1 fully saturated rings. The van der Waals surface area contributed by atoms with E-state index in [0.29, 0.717) is 19.5 Å². The summed E-state index contributed by atoms with van der Waals surface area (Å²) in [6.07, 6.45) is 1.42. The van der Waals surface area contributed by atoms with E-state index in [4.69, 9.17) is 5.26 Å². The van der Waals surface area contributed by atoms with Crippen molar-refractivity contribution in [2.75, 3.05) is 18.0 Å². The number of aliphatic hydroxyl groups is 1. The molecule has 7 nitrogen and oxygen atoms in total. The summed E-state index contributed by atoms with van der Waals surface area (Å²) >= 11 is 0. The lowest BCUT2D eigenvalue weighted by molar-refractivity contribution is -0.384. The Labute approximate surface area is 97.1 Å². The largest absolute Gasteiger partial charge is 0.391 e. The van der Waals surface area contributed by atoms with Gasteiger partial charge in [0.2, 0.25) is 5.82 Å². The SMILES string of the molecule is N#Cc1ccnc(N2CC[C@H](O)C2)c1[N+](=O)[O-]. The maximum Gasteiger partial charge on any atom is 0.329 e. The number of nitro groups is 1. The van der Waals surface area contributed by atoms with E-state index < -0.39 is 11.0 Å². The van der Waals surface area contributed by atoms with Crippen LogP contribution < -0.4 is 4.90 Å². The zero-order valence-electron chi connectivity index (χ0n) is 8.91. The van der Waals surface area contributed by atoms with Gasteiger partial charge in [-0.25, -0.2) is 4.98 Å². The summed E-state index contributed by atoms with van der Waals surface area (Å²) in [4.78, 5) is 15.9. The first kappa shape index (κ1) is 11.3. The first-order chi connectivity index (χ1) is 8.13. The number of hydrogen-bond donors (Lipinski definition) is 1. The predicted molar refractivity (Wildman–Crippen MR) is 58.4 cm³/mol. The van der Waals surface area contributed by atoms with Crippen LogP contribution in [0.1, 0.15) is 12.0 Å². The second-order valence-electron chi connectivity index (χ2n) is 3.79. The summed E-state index contributed by atoms with van der Waals surface area (Å²) < 4.78 is 0. The van der Waals surface area contributed by atoms with Gasteiger partial charge in [0.25, 0.3) is 0 Å². The molecule has 1 N–H and O–H groups in total. The van der Waals surface area contributed by atoms with Gasteiger partial charge in [0.1, 0.15) is 11.6 Å². The van der Waals surface area contributed by atoms with Crippen molar-refractivity contribution in [1.29, 1.82) is 5.26 Å². The predicted octanol–water partition coefficient (Wildman–Crippen LogP) is 0.432. The molecule has 0 unspecified atom stereocenters. The number of pyridine rings is 1. The van der Waals surface area contributed by atoms with Crippen molar-refractivity contribution >= 4 is 11.5 Å². The maximum atomic E-state index is 11.0. The fraction of sp³-hybridized carbons (Fsp3) is 0.400. The first-order valence-electron chi connectivity index (χ1n) is 5.10. The van der Waals surface area contributed by atoms with Gasteiger partial charge in [0.05, 0.1) is 11.0 Å². The monoisotopic (exact) mass is 234 g/mol. The first-order valence-corrected chi connectivity index (χ1v) is 5.10. The third kappa shape index (κ3) is 2.03. The second-order valence-corrected chi connectivity index (χ2v) is 3.79. The molecule has 2 rings (SSSR count). The lowest BCUT2D eigenvalue weighted by Gasteiger charge is -2.16. The van der Waals surface area contributed by atoms with Gasteiger partial charge >= 0.3 is 5.69 Å². The molecular formula is C10H10N4O3. The van der Waals surface area contributed by atoms with E-state index in [-0.39, 0.29) is 17.1 Å². The third-order valence-corrected chi connectivity index (χ3v) is 2.67. The van der Waals surface area contributed by atoms with Crippen LogP contribution in [0.5, 0.6) is 0 Å². The Bertz CT molecular complexity index is 497. The van der Waals surface area contributed by atoms with Crippen LogP contribution in [0, 0.1) is 21.4 Å². The zero-order chi connectivity index (χ0) is 12.4. The quantitative estimate of drug-likeness (QED) is 0.588. The molecular weight excluding hydrogens is 224 g/mol. The van der Waals surface area contributed by atoms with E-state index in [1.807, 2.05) is 0 Å². The van der Waals surface area contributed by atoms with Crippen molar-refractivity contribution in [2.24, 2.45) is 0 Å². The Morgan fingerprint density at radius 1 is 1.71 bits per heavy atom. The fourth-order valence-corrected chi connectivity index (χ4v) is 1.88. The Balaban J connectivity index is 2.47. The smallest absolute Gasteiger partial charge is 0.329 e. The lowest BCUT2D eigenvalue weighted by atomic mass is 10.2. The number of rotatable bonds is 2. The number of hydrogen-bond acceptors (Lipinski definition) is 6. The molecule has 0 bridgehead atoms. The van der Waals surface area contributed by atoms with Gasteiger partial charge in [-0.3, -0.25) is 10.1 Å². The molecule has 88 valence electrons. The van der Waals surface area contributed by atoms with Gasteiger partial charge in [-0.15, -0.1) is 0 Å². The Morgan fingerprint density at radius 3 is 3.00 bits per heavy atom. The van der Waals surface area contributed by atoms with Crippen LogP contribution in [0.2, 0.25) is 0 Å². The summed E-state index contributed by atoms with van der Waals surface area (Å²) in [5, 5.41) is 29.2. The molecule has 0 aromatic carbocycles. The highest BCUT2D eigenvalue weighted by molar-refractivity contribution is 5.65. The molecule has 1 aliphatic heterocycles. The fourth-order valence-electron chi connectivity index (χ4n) is 1.88. The van der Waals surface area contributed by atoms with Crippen LogP contribution >= 0.6 is 0 Å². The molecule has 1 atom stereocenters. The molecule has 1 aliphatic rings. The Hall–Kier alpha value is -2.20. The Kier molecular flexibility index (Phi) is 2.89. The van der Waals surface area contributed by atoms with Crippen LogP contribution in [0.3, 0.4) is 0 Å². The zero-order valence-corrected chi connectivity index (χ0v) is 8.91. The van der Waals surface area contributed by atoms with Gasteiger partial charge < -0.3 is 10.0 Å². The van der Waals surface area contributed by atoms with Crippen LogP contribution in [-0.2, 0) is 0 Å². The number of aliphatic hydroxyl groups excluding tert-OH is 1. The van der Waals surface area contributed by atoms with Crippen LogP contribution in [0.25, 0.3) is 0 Å². The summed E-state index contributed by atoms with van der Waals surface area (Å²) in [6.45, 7) is 0.812. The molecule has 0 spiro atoms. The average Bonchev–Trinajstić information content (AvgIpc) is 2.74. The molecule has 7 heteroatoms. The summed E-state index contributed by atoms with van der Waals surface area (Å²) in [5.74, 6) is 0.158. The van der Waals surface area contributed by atoms with E-state index >= 15 is 0 Å². The van der Waals surface area contributed by atoms with E-state index in [0.717, 1.165) is 0 Å². The second kappa shape index (κ2) is 4.35. The van der Waals surface area contributed by atoms with E-state index in [2.05, 4.69) is 4.98 Å². The third-order valence-electron chi connectivity index (χ3n) is 2.67. The van der Waals surface area contributed by atoms with Crippen LogP contribution in [-0.4, -0.2) is 34.2 Å². The maximum absolute atomic E-state index is 11.0. The van der Waals surface area contributed by atoms with Gasteiger partial charge in [-0.05, 0) is 12.5 Å². The van der Waals surface area contributed by atoms with E-state index in [9.17, 15) is 15.2 Å². The molecule has 0 aliphatic carbocycles. The van der Waals surface area contributed by atoms with E-state index in [1.165, 1.54) is 12.3 Å². The molecule has 0 saturated carbocycles. The number of nitrogens with zero attached hydrogens (tertiary/aromatic N) is 4. The number of aromatic nitrogens is 1. The van der Waals surface area contributed by atoms with Crippen molar-refractivity contribution in [3.8, 4) is 6.07 Å². The molecule has 0 radical (unpaired) electrons. The highest BCUT2D eigenvalue weighted by Gasteiger charge is 2.30. The summed E-state index contributed by atoms with van der Waals surface area (Å²) in [5.41, 5.74) is -0.300. The van der Waals surface area contributed by atoms with Gasteiger partial charge in [-0.1, -0.05) is 0 Å². The summed E-state index contributed by atoms with van der Waals surface area (Å²) in [7, 11) is 0. The average molecular weight is 234 g/mol. The highest BCUT2D eigenvalue weighted by Crippen LogP contribution is 2.31. The molecule has 0 amide bonds. The normalized spacial score (nSPS) is 19.1. The van der Waals surface area contributed by atoms with Crippen LogP contribution in [0.15, 0.2) is 12.3 Å². The van der Waals surface area contributed by atoms with Crippen LogP contribution in [0.4, 0.5) is 11.5 Å². The van der Waals surface area contributed by atoms with Gasteiger partial charge in [0.15, 0.2) is 0 Å². The number of anilines is 1. The van der Waals surface area contributed by atoms with Crippen molar-refractivity contribution in [3.63, 3.8) is 0 Å². The van der Waals surface area contributed by atoms with Crippen molar-refractivity contribution < 1.29 is 10.0 Å². The Morgan fingerprint density at radius 2 is 2.47 bits per heavy atom. The molecule has 17 heavy (non-hydrogen) atoms. The molecule has 1 aromatic rings. The van der Waals surface area contributed by atoms with Gasteiger partial charge in [-0.2, -0.15) is 5.26 Å². The highest BCUT2D eigenvalue weighted by atomic mass is 16.6.